The van der Waals surface area contributed by atoms with E-state index in [1.54, 1.807) is 12.1 Å². The van der Waals surface area contributed by atoms with Gasteiger partial charge >= 0.3 is 0 Å². The zero-order valence-electron chi connectivity index (χ0n) is 13.1. The lowest BCUT2D eigenvalue weighted by atomic mass is 9.83. The number of carbonyl (C=O) groups excluding carboxylic acids is 2. The molecule has 5 rings (SSSR count). The minimum Gasteiger partial charge on any atom is -0.343 e. The van der Waals surface area contributed by atoms with Crippen LogP contribution in [0.15, 0.2) is 54.6 Å². The maximum atomic E-state index is 13.2. The molecule has 116 valence electrons. The van der Waals surface area contributed by atoms with Gasteiger partial charge in [-0.25, -0.2) is 0 Å². The Balaban J connectivity index is 1.87. The van der Waals surface area contributed by atoms with E-state index in [2.05, 4.69) is 4.57 Å². The van der Waals surface area contributed by atoms with E-state index in [9.17, 15) is 9.59 Å². The van der Waals surface area contributed by atoms with Crippen molar-refractivity contribution in [3.8, 4) is 11.3 Å². The Morgan fingerprint density at radius 1 is 0.750 bits per heavy atom. The molecule has 0 unspecified atom stereocenters. The average molecular weight is 313 g/mol. The zero-order valence-corrected chi connectivity index (χ0v) is 13.1. The van der Waals surface area contributed by atoms with Crippen molar-refractivity contribution in [1.29, 1.82) is 0 Å². The van der Waals surface area contributed by atoms with E-state index in [0.29, 0.717) is 22.3 Å². The first kappa shape index (κ1) is 13.5. The summed E-state index contributed by atoms with van der Waals surface area (Å²) in [5, 5.41) is 0. The lowest BCUT2D eigenvalue weighted by molar-refractivity contribution is 0.0980. The highest BCUT2D eigenvalue weighted by Crippen LogP contribution is 2.41. The van der Waals surface area contributed by atoms with Crippen molar-refractivity contribution in [3.05, 3.63) is 82.5 Å². The number of nitrogens with zero attached hydrogens (tertiary/aromatic N) is 1. The number of aromatic nitrogens is 1. The molecule has 0 N–H and O–H groups in total. The van der Waals surface area contributed by atoms with Crippen molar-refractivity contribution >= 4 is 11.6 Å². The topological polar surface area (TPSA) is 39.1 Å². The molecule has 0 spiro atoms. The van der Waals surface area contributed by atoms with Gasteiger partial charge in [0.1, 0.15) is 0 Å². The third-order valence-corrected chi connectivity index (χ3v) is 5.08. The van der Waals surface area contributed by atoms with Gasteiger partial charge in [0.15, 0.2) is 11.6 Å². The summed E-state index contributed by atoms with van der Waals surface area (Å²) in [5.41, 5.74) is 5.23. The summed E-state index contributed by atoms with van der Waals surface area (Å²) in [6.07, 6.45) is 1.88. The fourth-order valence-corrected chi connectivity index (χ4v) is 4.09. The smallest absolute Gasteiger partial charge is 0.196 e. The van der Waals surface area contributed by atoms with Crippen LogP contribution in [0.5, 0.6) is 0 Å². The van der Waals surface area contributed by atoms with Gasteiger partial charge in [0.25, 0.3) is 0 Å². The number of fused-ring (bicyclic) bond motifs is 4. The largest absolute Gasteiger partial charge is 0.343 e. The van der Waals surface area contributed by atoms with Crippen LogP contribution in [0, 0.1) is 0 Å². The minimum absolute atomic E-state index is 0.00645. The number of ketones is 2. The van der Waals surface area contributed by atoms with E-state index in [1.165, 1.54) is 0 Å². The second-order valence-corrected chi connectivity index (χ2v) is 6.37. The maximum absolute atomic E-state index is 13.2. The second kappa shape index (κ2) is 4.78. The normalized spacial score (nSPS) is 15.2. The fourth-order valence-electron chi connectivity index (χ4n) is 4.09. The molecule has 0 saturated heterocycles. The summed E-state index contributed by atoms with van der Waals surface area (Å²) in [4.78, 5) is 26.3. The Morgan fingerprint density at radius 2 is 1.38 bits per heavy atom. The van der Waals surface area contributed by atoms with Gasteiger partial charge in [-0.1, -0.05) is 54.6 Å². The van der Waals surface area contributed by atoms with Crippen LogP contribution < -0.4 is 0 Å². The Bertz CT molecular complexity index is 1010. The first-order valence-corrected chi connectivity index (χ1v) is 8.26. The molecule has 1 aromatic heterocycles. The Morgan fingerprint density at radius 3 is 2.08 bits per heavy atom. The van der Waals surface area contributed by atoms with Crippen LogP contribution in [0.2, 0.25) is 0 Å². The molecular formula is C21H15NO2. The van der Waals surface area contributed by atoms with Crippen molar-refractivity contribution in [2.24, 2.45) is 0 Å². The lowest BCUT2D eigenvalue weighted by Gasteiger charge is -2.16. The summed E-state index contributed by atoms with van der Waals surface area (Å²) in [5.74, 6) is -0.0333. The molecule has 0 radical (unpaired) electrons. The van der Waals surface area contributed by atoms with Crippen LogP contribution in [-0.4, -0.2) is 16.1 Å². The second-order valence-electron chi connectivity index (χ2n) is 6.37. The van der Waals surface area contributed by atoms with E-state index in [4.69, 9.17) is 0 Å². The van der Waals surface area contributed by atoms with Gasteiger partial charge in [0.2, 0.25) is 0 Å². The third kappa shape index (κ3) is 1.61. The predicted molar refractivity (Wildman–Crippen MR) is 91.5 cm³/mol. The van der Waals surface area contributed by atoms with Gasteiger partial charge in [0.05, 0.1) is 16.8 Å². The van der Waals surface area contributed by atoms with Crippen LogP contribution >= 0.6 is 0 Å². The van der Waals surface area contributed by atoms with E-state index < -0.39 is 0 Å². The molecule has 2 heterocycles. The lowest BCUT2D eigenvalue weighted by Crippen LogP contribution is -2.20. The zero-order chi connectivity index (χ0) is 16.3. The summed E-state index contributed by atoms with van der Waals surface area (Å²) in [6, 6.07) is 17.1. The number of hydrogen-bond donors (Lipinski definition) is 0. The molecular weight excluding hydrogens is 298 g/mol. The molecule has 3 heteroatoms. The maximum Gasteiger partial charge on any atom is 0.196 e. The van der Waals surface area contributed by atoms with Crippen LogP contribution in [0.4, 0.5) is 0 Å². The summed E-state index contributed by atoms with van der Waals surface area (Å²) < 4.78 is 2.18. The van der Waals surface area contributed by atoms with E-state index in [0.717, 1.165) is 36.3 Å². The molecule has 1 aliphatic carbocycles. The molecule has 3 nitrogen and oxygen atoms in total. The summed E-state index contributed by atoms with van der Waals surface area (Å²) >= 11 is 0. The van der Waals surface area contributed by atoms with Crippen molar-refractivity contribution in [3.63, 3.8) is 0 Å². The van der Waals surface area contributed by atoms with Crippen molar-refractivity contribution < 1.29 is 9.59 Å². The predicted octanol–water partition coefficient (Wildman–Crippen LogP) is 3.88. The monoisotopic (exact) mass is 313 g/mol. The third-order valence-electron chi connectivity index (χ3n) is 5.08. The highest BCUT2D eigenvalue weighted by molar-refractivity contribution is 6.30. The number of hydrogen-bond acceptors (Lipinski definition) is 2. The molecule has 2 aliphatic rings. The van der Waals surface area contributed by atoms with Crippen LogP contribution in [0.25, 0.3) is 11.3 Å². The van der Waals surface area contributed by atoms with Gasteiger partial charge in [-0.3, -0.25) is 9.59 Å². The van der Waals surface area contributed by atoms with Crippen molar-refractivity contribution in [2.45, 2.75) is 19.4 Å². The molecule has 1 aliphatic heterocycles. The molecule has 0 fully saturated rings. The molecule has 0 saturated carbocycles. The van der Waals surface area contributed by atoms with Gasteiger partial charge < -0.3 is 4.57 Å². The Kier molecular flexibility index (Phi) is 2.69. The number of carbonyl (C=O) groups is 2. The Labute approximate surface area is 139 Å². The van der Waals surface area contributed by atoms with E-state index in [-0.39, 0.29) is 11.6 Å². The first-order chi connectivity index (χ1) is 11.8. The summed E-state index contributed by atoms with van der Waals surface area (Å²) in [6.45, 7) is 0.865. The quantitative estimate of drug-likeness (QED) is 0.535. The van der Waals surface area contributed by atoms with Gasteiger partial charge in [-0.15, -0.1) is 0 Å². The summed E-state index contributed by atoms with van der Waals surface area (Å²) in [7, 11) is 0. The molecule has 0 bridgehead atoms. The standard InChI is InChI=1S/C21H15NO2/c23-20-14-9-4-5-10-15(14)21(24)18-17(20)16-11-6-12-22(16)19(18)13-7-2-1-3-8-13/h1-5,7-10H,6,11-12H2. The SMILES string of the molecule is O=C1c2ccccc2C(=O)c2c1c1n(c2-c2ccccc2)CCC1. The average Bonchev–Trinajstić information content (AvgIpc) is 3.20. The van der Waals surface area contributed by atoms with Crippen molar-refractivity contribution in [1.82, 2.24) is 4.57 Å². The number of benzene rings is 2. The van der Waals surface area contributed by atoms with Crippen LogP contribution in [0.1, 0.15) is 44.0 Å². The van der Waals surface area contributed by atoms with E-state index in [1.807, 2.05) is 42.5 Å². The van der Waals surface area contributed by atoms with Gasteiger partial charge in [-0.2, -0.15) is 0 Å². The fraction of sp³-hybridized carbons (Fsp3) is 0.143. The van der Waals surface area contributed by atoms with Gasteiger partial charge in [-0.05, 0) is 18.4 Å². The Hall–Kier alpha value is -2.94. The highest BCUT2D eigenvalue weighted by Gasteiger charge is 2.38. The molecule has 24 heavy (non-hydrogen) atoms. The van der Waals surface area contributed by atoms with Crippen LogP contribution in [-0.2, 0) is 13.0 Å². The van der Waals surface area contributed by atoms with Crippen molar-refractivity contribution in [2.75, 3.05) is 0 Å². The van der Waals surface area contributed by atoms with Gasteiger partial charge in [0, 0.05) is 23.4 Å². The highest BCUT2D eigenvalue weighted by atomic mass is 16.1. The van der Waals surface area contributed by atoms with Crippen LogP contribution in [0.3, 0.4) is 0 Å². The molecule has 0 atom stereocenters. The minimum atomic E-state index is -0.0269. The molecule has 2 aromatic carbocycles. The first-order valence-electron chi connectivity index (χ1n) is 8.26. The molecule has 3 aromatic rings. The number of rotatable bonds is 1. The molecule has 0 amide bonds. The van der Waals surface area contributed by atoms with E-state index >= 15 is 0 Å².